The van der Waals surface area contributed by atoms with E-state index < -0.39 is 0 Å². The maximum absolute atomic E-state index is 4.64. The molecule has 3 heteroatoms. The molecule has 0 aliphatic rings. The zero-order chi connectivity index (χ0) is 23.0. The quantitative estimate of drug-likeness (QED) is 0.194. The molecule has 0 N–H and O–H groups in total. The van der Waals surface area contributed by atoms with Crippen LogP contribution in [0.15, 0.2) is 103 Å². The van der Waals surface area contributed by atoms with Crippen LogP contribution in [0.1, 0.15) is 16.7 Å². The summed E-state index contributed by atoms with van der Waals surface area (Å²) in [5.74, 6) is 0. The zero-order valence-electron chi connectivity index (χ0n) is 19.5. The van der Waals surface area contributed by atoms with E-state index >= 15 is 0 Å². The molecule has 2 heterocycles. The Balaban J connectivity index is 0.000000212. The third-order valence-corrected chi connectivity index (χ3v) is 5.27. The first kappa shape index (κ1) is 25.2. The fourth-order valence-corrected chi connectivity index (χ4v) is 3.73. The van der Waals surface area contributed by atoms with Crippen molar-refractivity contribution >= 4 is 0 Å². The van der Waals surface area contributed by atoms with Crippen LogP contribution < -0.4 is 0 Å². The van der Waals surface area contributed by atoms with Gasteiger partial charge in [0.25, 0.3) is 0 Å². The maximum Gasteiger partial charge on any atom is 0.0242 e. The third-order valence-electron chi connectivity index (χ3n) is 5.27. The summed E-state index contributed by atoms with van der Waals surface area (Å²) < 4.78 is 0. The topological polar surface area (TPSA) is 25.8 Å². The Bertz CT molecular complexity index is 1260. The van der Waals surface area contributed by atoms with Gasteiger partial charge in [0.1, 0.15) is 0 Å². The van der Waals surface area contributed by atoms with Gasteiger partial charge < -0.3 is 9.97 Å². The summed E-state index contributed by atoms with van der Waals surface area (Å²) in [5, 5.41) is 0. The molecule has 0 amide bonds. The van der Waals surface area contributed by atoms with Gasteiger partial charge in [-0.2, -0.15) is 0 Å². The van der Waals surface area contributed by atoms with E-state index in [1.807, 2.05) is 54.7 Å². The Morgan fingerprint density at radius 3 is 2.09 bits per heavy atom. The molecule has 34 heavy (non-hydrogen) atoms. The van der Waals surface area contributed by atoms with Gasteiger partial charge in [0, 0.05) is 38.1 Å². The van der Waals surface area contributed by atoms with Crippen LogP contribution in [0.5, 0.6) is 0 Å². The van der Waals surface area contributed by atoms with Gasteiger partial charge in [0.05, 0.1) is 0 Å². The first-order valence-electron chi connectivity index (χ1n) is 11.0. The Hall–Kier alpha value is -3.39. The van der Waals surface area contributed by atoms with Crippen molar-refractivity contribution in [1.29, 1.82) is 0 Å². The van der Waals surface area contributed by atoms with Crippen molar-refractivity contribution in [2.75, 3.05) is 0 Å². The summed E-state index contributed by atoms with van der Waals surface area (Å²) in [6, 6.07) is 37.0. The number of aromatic nitrogens is 2. The van der Waals surface area contributed by atoms with E-state index in [4.69, 9.17) is 0 Å². The molecular formula is C31H26IrN2-2. The standard InChI is InChI=1S/C20H18N.C11H8N.Ir/c1-14-9-15(2)11-18(10-14)20-12-16(3)19(13-21-20)17-7-5-4-6-8-17;1-2-6-10(7-3-1)11-8-4-5-9-12-11;/h4-10,12-13H,1-3H3;1-6,8-9H;/q2*-1;. The second-order valence-corrected chi connectivity index (χ2v) is 8.00. The molecule has 0 spiro atoms. The van der Waals surface area contributed by atoms with Crippen LogP contribution in [0.3, 0.4) is 0 Å². The van der Waals surface area contributed by atoms with E-state index in [2.05, 4.69) is 85.3 Å². The second kappa shape index (κ2) is 12.2. The molecular weight excluding hydrogens is 593 g/mol. The Morgan fingerprint density at radius 2 is 1.44 bits per heavy atom. The zero-order valence-corrected chi connectivity index (χ0v) is 21.9. The van der Waals surface area contributed by atoms with Crippen LogP contribution in [0.2, 0.25) is 0 Å². The van der Waals surface area contributed by atoms with Crippen molar-refractivity contribution < 1.29 is 20.1 Å². The van der Waals surface area contributed by atoms with Gasteiger partial charge in [-0.1, -0.05) is 62.4 Å². The van der Waals surface area contributed by atoms with Crippen molar-refractivity contribution in [2.24, 2.45) is 0 Å². The molecule has 5 rings (SSSR count). The molecule has 0 fully saturated rings. The Labute approximate surface area is 216 Å². The molecule has 0 atom stereocenters. The molecule has 5 aromatic rings. The van der Waals surface area contributed by atoms with Crippen molar-refractivity contribution in [3.63, 3.8) is 0 Å². The molecule has 3 aromatic carbocycles. The molecule has 2 nitrogen and oxygen atoms in total. The minimum absolute atomic E-state index is 0. The van der Waals surface area contributed by atoms with E-state index in [1.165, 1.54) is 22.3 Å². The molecule has 0 unspecified atom stereocenters. The summed E-state index contributed by atoms with van der Waals surface area (Å²) in [6.45, 7) is 6.31. The summed E-state index contributed by atoms with van der Waals surface area (Å²) in [5.41, 5.74) is 10.1. The number of aryl methyl sites for hydroxylation is 3. The van der Waals surface area contributed by atoms with Crippen molar-refractivity contribution in [3.05, 3.63) is 132 Å². The molecule has 171 valence electrons. The molecule has 2 aromatic heterocycles. The minimum Gasteiger partial charge on any atom is -0.305 e. The van der Waals surface area contributed by atoms with Gasteiger partial charge in [0.15, 0.2) is 0 Å². The average Bonchev–Trinajstić information content (AvgIpc) is 2.85. The van der Waals surface area contributed by atoms with Crippen molar-refractivity contribution in [2.45, 2.75) is 20.8 Å². The number of hydrogen-bond acceptors (Lipinski definition) is 2. The van der Waals surface area contributed by atoms with Gasteiger partial charge >= 0.3 is 0 Å². The molecule has 0 aliphatic carbocycles. The van der Waals surface area contributed by atoms with E-state index in [9.17, 15) is 0 Å². The summed E-state index contributed by atoms with van der Waals surface area (Å²) in [7, 11) is 0. The smallest absolute Gasteiger partial charge is 0.0242 e. The summed E-state index contributed by atoms with van der Waals surface area (Å²) in [6.07, 6.45) is 3.75. The minimum atomic E-state index is 0. The number of benzene rings is 3. The van der Waals surface area contributed by atoms with Gasteiger partial charge in [0.2, 0.25) is 0 Å². The molecule has 0 saturated heterocycles. The van der Waals surface area contributed by atoms with Crippen LogP contribution in [-0.2, 0) is 20.1 Å². The van der Waals surface area contributed by atoms with Crippen molar-refractivity contribution in [3.8, 4) is 33.6 Å². The fraction of sp³-hybridized carbons (Fsp3) is 0.0968. The van der Waals surface area contributed by atoms with E-state index in [-0.39, 0.29) is 20.1 Å². The molecule has 0 aliphatic heterocycles. The molecule has 0 bridgehead atoms. The van der Waals surface area contributed by atoms with Crippen LogP contribution in [0.4, 0.5) is 0 Å². The van der Waals surface area contributed by atoms with E-state index in [1.54, 1.807) is 6.20 Å². The van der Waals surface area contributed by atoms with E-state index in [0.29, 0.717) is 0 Å². The van der Waals surface area contributed by atoms with Crippen LogP contribution in [0.25, 0.3) is 33.6 Å². The first-order valence-corrected chi connectivity index (χ1v) is 11.0. The van der Waals surface area contributed by atoms with Crippen LogP contribution in [0, 0.1) is 32.9 Å². The van der Waals surface area contributed by atoms with Gasteiger partial charge in [-0.3, -0.25) is 0 Å². The summed E-state index contributed by atoms with van der Waals surface area (Å²) >= 11 is 0. The first-order chi connectivity index (χ1) is 16.1. The van der Waals surface area contributed by atoms with E-state index in [0.717, 1.165) is 28.1 Å². The normalized spacial score (nSPS) is 9.97. The number of hydrogen-bond donors (Lipinski definition) is 0. The van der Waals surface area contributed by atoms with Crippen LogP contribution >= 0.6 is 0 Å². The second-order valence-electron chi connectivity index (χ2n) is 8.00. The Morgan fingerprint density at radius 1 is 0.676 bits per heavy atom. The van der Waals surface area contributed by atoms with Crippen molar-refractivity contribution in [1.82, 2.24) is 9.97 Å². The summed E-state index contributed by atoms with van der Waals surface area (Å²) in [4.78, 5) is 8.85. The SMILES string of the molecule is Cc1[c-]c(-c2cc(C)c(-c3ccccc3)cn2)cc(C)c1.[Ir].[c-]1ccccc1-c1ccccn1. The molecule has 0 saturated carbocycles. The monoisotopic (exact) mass is 619 g/mol. The van der Waals surface area contributed by atoms with Gasteiger partial charge in [-0.05, 0) is 35.5 Å². The van der Waals surface area contributed by atoms with Gasteiger partial charge in [-0.25, -0.2) is 0 Å². The average molecular weight is 619 g/mol. The van der Waals surface area contributed by atoms with Crippen LogP contribution in [-0.4, -0.2) is 9.97 Å². The largest absolute Gasteiger partial charge is 0.305 e. The van der Waals surface area contributed by atoms with Gasteiger partial charge in [-0.15, -0.1) is 70.8 Å². The fourth-order valence-electron chi connectivity index (χ4n) is 3.73. The Kier molecular flexibility index (Phi) is 9.04. The number of rotatable bonds is 3. The maximum atomic E-state index is 4.64. The number of nitrogens with zero attached hydrogens (tertiary/aromatic N) is 2. The predicted octanol–water partition coefficient (Wildman–Crippen LogP) is 7.69. The third kappa shape index (κ3) is 6.57. The number of pyridine rings is 2. The predicted molar refractivity (Wildman–Crippen MR) is 137 cm³/mol. The molecule has 1 radical (unpaired) electrons.